The lowest BCUT2D eigenvalue weighted by molar-refractivity contribution is 0.400. The van der Waals surface area contributed by atoms with Crippen molar-refractivity contribution in [1.82, 2.24) is 9.34 Å². The molecule has 0 radical (unpaired) electrons. The van der Waals surface area contributed by atoms with Crippen LogP contribution in [-0.2, 0) is 4.57 Å². The van der Waals surface area contributed by atoms with Gasteiger partial charge in [-0.3, -0.25) is 0 Å². The van der Waals surface area contributed by atoms with Crippen LogP contribution in [0, 0.1) is 0 Å². The molecule has 92 valence electrons. The number of benzene rings is 1. The van der Waals surface area contributed by atoms with Crippen molar-refractivity contribution in [1.29, 1.82) is 0 Å². The van der Waals surface area contributed by atoms with Gasteiger partial charge >= 0.3 is 7.67 Å². The average Bonchev–Trinajstić information content (AvgIpc) is 3.19. The van der Waals surface area contributed by atoms with Crippen LogP contribution in [0.1, 0.15) is 13.8 Å². The summed E-state index contributed by atoms with van der Waals surface area (Å²) >= 11 is 0. The third-order valence-electron chi connectivity index (χ3n) is 3.27. The van der Waals surface area contributed by atoms with Crippen molar-refractivity contribution in [3.05, 3.63) is 30.3 Å². The molecule has 0 amide bonds. The minimum Gasteiger partial charge on any atom is -0.422 e. The van der Waals surface area contributed by atoms with Crippen LogP contribution in [0.4, 0.5) is 0 Å². The molecule has 5 heteroatoms. The summed E-state index contributed by atoms with van der Waals surface area (Å²) in [5, 5.41) is 0. The molecule has 0 bridgehead atoms. The van der Waals surface area contributed by atoms with Crippen LogP contribution >= 0.6 is 7.67 Å². The zero-order chi connectivity index (χ0) is 12.0. The molecule has 2 fully saturated rings. The normalized spacial score (nSPS) is 38.2. The van der Waals surface area contributed by atoms with Gasteiger partial charge in [-0.1, -0.05) is 18.2 Å². The first kappa shape index (κ1) is 11.3. The van der Waals surface area contributed by atoms with E-state index in [0.29, 0.717) is 17.8 Å². The molecule has 17 heavy (non-hydrogen) atoms. The lowest BCUT2D eigenvalue weighted by Gasteiger charge is -2.21. The zero-order valence-corrected chi connectivity index (χ0v) is 11.0. The van der Waals surface area contributed by atoms with Gasteiger partial charge in [-0.05, 0) is 26.0 Å². The molecular weight excluding hydrogens is 235 g/mol. The maximum Gasteiger partial charge on any atom is 0.396 e. The number of para-hydroxylation sites is 1. The van der Waals surface area contributed by atoms with Crippen molar-refractivity contribution in [2.45, 2.75) is 25.9 Å². The third-order valence-corrected chi connectivity index (χ3v) is 6.13. The minimum absolute atomic E-state index is 0.373. The van der Waals surface area contributed by atoms with Gasteiger partial charge in [-0.2, -0.15) is 0 Å². The fourth-order valence-electron chi connectivity index (χ4n) is 2.02. The summed E-state index contributed by atoms with van der Waals surface area (Å²) in [6.45, 7) is 5.89. The highest BCUT2D eigenvalue weighted by molar-refractivity contribution is 7.55. The van der Waals surface area contributed by atoms with Crippen molar-refractivity contribution in [2.75, 3.05) is 13.1 Å². The Balaban J connectivity index is 1.83. The Bertz CT molecular complexity index is 445. The molecule has 2 saturated heterocycles. The summed E-state index contributed by atoms with van der Waals surface area (Å²) in [5.74, 6) is 0.689. The minimum atomic E-state index is -2.81. The van der Waals surface area contributed by atoms with Crippen LogP contribution in [0.2, 0.25) is 0 Å². The molecule has 4 atom stereocenters. The summed E-state index contributed by atoms with van der Waals surface area (Å²) in [5.41, 5.74) is 0. The van der Waals surface area contributed by atoms with Crippen LogP contribution in [-0.4, -0.2) is 34.5 Å². The molecule has 2 heterocycles. The first-order valence-corrected chi connectivity index (χ1v) is 7.53. The van der Waals surface area contributed by atoms with Gasteiger partial charge in [0.25, 0.3) is 0 Å². The van der Waals surface area contributed by atoms with Crippen molar-refractivity contribution in [2.24, 2.45) is 0 Å². The van der Waals surface area contributed by atoms with E-state index in [2.05, 4.69) is 13.8 Å². The number of nitrogens with zero attached hydrogens (tertiary/aromatic N) is 2. The van der Waals surface area contributed by atoms with E-state index in [-0.39, 0.29) is 0 Å². The fourth-order valence-corrected chi connectivity index (χ4v) is 4.81. The second-order valence-corrected chi connectivity index (χ2v) is 7.03. The number of hydrogen-bond acceptors (Lipinski definition) is 2. The van der Waals surface area contributed by atoms with Crippen LogP contribution in [0.3, 0.4) is 0 Å². The lowest BCUT2D eigenvalue weighted by atomic mass is 10.3. The molecule has 0 aromatic heterocycles. The Morgan fingerprint density at radius 2 is 1.59 bits per heavy atom. The van der Waals surface area contributed by atoms with Gasteiger partial charge in [0.1, 0.15) is 5.75 Å². The molecule has 1 aromatic carbocycles. The molecule has 0 aliphatic carbocycles. The predicted octanol–water partition coefficient (Wildman–Crippen LogP) is 2.58. The summed E-state index contributed by atoms with van der Waals surface area (Å²) < 4.78 is 22.7. The van der Waals surface area contributed by atoms with Gasteiger partial charge in [0.2, 0.25) is 0 Å². The molecule has 0 N–H and O–H groups in total. The molecule has 2 unspecified atom stereocenters. The molecule has 2 aliphatic rings. The van der Waals surface area contributed by atoms with Gasteiger partial charge in [0.05, 0.1) is 0 Å². The first-order valence-electron chi connectivity index (χ1n) is 6.00. The highest BCUT2D eigenvalue weighted by atomic mass is 31.2. The smallest absolute Gasteiger partial charge is 0.396 e. The van der Waals surface area contributed by atoms with Crippen molar-refractivity contribution >= 4 is 7.67 Å². The van der Waals surface area contributed by atoms with E-state index in [1.54, 1.807) is 0 Å². The number of rotatable bonds is 4. The predicted molar refractivity (Wildman–Crippen MR) is 67.0 cm³/mol. The summed E-state index contributed by atoms with van der Waals surface area (Å²) in [6.07, 6.45) is 0. The van der Waals surface area contributed by atoms with Crippen LogP contribution in [0.25, 0.3) is 0 Å². The van der Waals surface area contributed by atoms with Crippen molar-refractivity contribution in [3.8, 4) is 5.75 Å². The summed E-state index contributed by atoms with van der Waals surface area (Å²) in [6, 6.07) is 10.2. The van der Waals surface area contributed by atoms with Gasteiger partial charge in [-0.25, -0.2) is 13.9 Å². The third kappa shape index (κ3) is 2.01. The molecule has 0 spiro atoms. The van der Waals surface area contributed by atoms with E-state index in [1.807, 2.05) is 39.7 Å². The summed E-state index contributed by atoms with van der Waals surface area (Å²) in [4.78, 5) is 0. The van der Waals surface area contributed by atoms with Gasteiger partial charge in [0, 0.05) is 25.2 Å². The first-order chi connectivity index (χ1) is 8.11. The number of hydrogen-bond donors (Lipinski definition) is 0. The topological polar surface area (TPSA) is 32.3 Å². The maximum absolute atomic E-state index is 13.0. The monoisotopic (exact) mass is 252 g/mol. The SMILES string of the molecule is C[C@@H]1CN1P(=O)(Oc1ccccc1)N1C[C@H]1C. The van der Waals surface area contributed by atoms with E-state index in [4.69, 9.17) is 4.52 Å². The average molecular weight is 252 g/mol. The van der Waals surface area contributed by atoms with E-state index in [1.165, 1.54) is 0 Å². The Morgan fingerprint density at radius 1 is 1.12 bits per heavy atom. The van der Waals surface area contributed by atoms with Crippen LogP contribution < -0.4 is 4.52 Å². The highest BCUT2D eigenvalue weighted by Crippen LogP contribution is 2.64. The molecule has 1 aromatic rings. The quantitative estimate of drug-likeness (QED) is 0.609. The summed E-state index contributed by atoms with van der Waals surface area (Å²) in [7, 11) is -2.81. The molecule has 0 saturated carbocycles. The second kappa shape index (κ2) is 3.84. The highest BCUT2D eigenvalue weighted by Gasteiger charge is 2.57. The Morgan fingerprint density at radius 3 is 2.00 bits per heavy atom. The standard InChI is InChI=1S/C12H17N2O2P/c1-10-8-13(10)17(15,14-9-11(14)2)16-12-6-4-3-5-7-12/h3-7,10-11H,8-9H2,1-2H3/t10-,11-,13?,14?,17?/m1/s1. The molecule has 3 rings (SSSR count). The molecule has 2 aliphatic heterocycles. The van der Waals surface area contributed by atoms with E-state index >= 15 is 0 Å². The van der Waals surface area contributed by atoms with Crippen molar-refractivity contribution in [3.63, 3.8) is 0 Å². The van der Waals surface area contributed by atoms with Gasteiger partial charge in [-0.15, -0.1) is 0 Å². The van der Waals surface area contributed by atoms with E-state index < -0.39 is 7.67 Å². The largest absolute Gasteiger partial charge is 0.422 e. The van der Waals surface area contributed by atoms with Crippen LogP contribution in [0.5, 0.6) is 5.75 Å². The zero-order valence-electron chi connectivity index (χ0n) is 10.1. The lowest BCUT2D eigenvalue weighted by Crippen LogP contribution is -2.13. The van der Waals surface area contributed by atoms with Gasteiger partial charge in [0.15, 0.2) is 0 Å². The Hall–Kier alpha value is -0.830. The Labute approximate surface area is 102 Å². The molecular formula is C12H17N2O2P. The van der Waals surface area contributed by atoms with E-state index in [0.717, 1.165) is 13.1 Å². The Kier molecular flexibility index (Phi) is 2.54. The van der Waals surface area contributed by atoms with Crippen molar-refractivity contribution < 1.29 is 9.09 Å². The second-order valence-electron chi connectivity index (χ2n) is 4.84. The van der Waals surface area contributed by atoms with Gasteiger partial charge < -0.3 is 4.52 Å². The van der Waals surface area contributed by atoms with Crippen LogP contribution in [0.15, 0.2) is 30.3 Å². The molecule has 4 nitrogen and oxygen atoms in total. The maximum atomic E-state index is 13.0. The van der Waals surface area contributed by atoms with E-state index in [9.17, 15) is 4.57 Å². The fraction of sp³-hybridized carbons (Fsp3) is 0.500.